The van der Waals surface area contributed by atoms with Crippen molar-refractivity contribution in [1.82, 2.24) is 0 Å². The monoisotopic (exact) mass is 310 g/mol. The molecule has 22 heavy (non-hydrogen) atoms. The van der Waals surface area contributed by atoms with Crippen molar-refractivity contribution in [2.45, 2.75) is 19.0 Å². The second kappa shape index (κ2) is 5.80. The van der Waals surface area contributed by atoms with Gasteiger partial charge in [0.25, 0.3) is 0 Å². The SMILES string of the molecule is Cc1ccccc1-c1ccc(C#CC(F)(F)C(F)(F)F)cc1. The van der Waals surface area contributed by atoms with Crippen molar-refractivity contribution in [3.63, 3.8) is 0 Å². The zero-order valence-electron chi connectivity index (χ0n) is 11.5. The number of hydrogen-bond donors (Lipinski definition) is 0. The van der Waals surface area contributed by atoms with E-state index in [9.17, 15) is 22.0 Å². The van der Waals surface area contributed by atoms with Gasteiger partial charge in [0.1, 0.15) is 0 Å². The van der Waals surface area contributed by atoms with Crippen LogP contribution >= 0.6 is 0 Å². The zero-order valence-corrected chi connectivity index (χ0v) is 11.5. The Morgan fingerprint density at radius 1 is 0.818 bits per heavy atom. The standard InChI is InChI=1S/C17H11F5/c1-12-4-2-3-5-15(12)14-8-6-13(7-9-14)10-11-16(18,19)17(20,21)22/h2-9H,1H3. The molecular weight excluding hydrogens is 299 g/mol. The van der Waals surface area contributed by atoms with Crippen LogP contribution in [0.25, 0.3) is 11.1 Å². The molecule has 0 saturated carbocycles. The van der Waals surface area contributed by atoms with Crippen LogP contribution in [-0.2, 0) is 0 Å². The van der Waals surface area contributed by atoms with Crippen LogP contribution in [0.1, 0.15) is 11.1 Å². The molecular formula is C17H11F5. The highest BCUT2D eigenvalue weighted by Gasteiger charge is 2.56. The van der Waals surface area contributed by atoms with Crippen molar-refractivity contribution in [1.29, 1.82) is 0 Å². The van der Waals surface area contributed by atoms with E-state index in [1.165, 1.54) is 12.1 Å². The number of hydrogen-bond acceptors (Lipinski definition) is 0. The van der Waals surface area contributed by atoms with Gasteiger partial charge in [-0.25, -0.2) is 0 Å². The van der Waals surface area contributed by atoms with Crippen molar-refractivity contribution in [2.75, 3.05) is 0 Å². The van der Waals surface area contributed by atoms with Gasteiger partial charge in [-0.2, -0.15) is 22.0 Å². The molecule has 0 radical (unpaired) electrons. The molecule has 0 aliphatic rings. The summed E-state index contributed by atoms with van der Waals surface area (Å²) in [5.41, 5.74) is 2.93. The second-order valence-electron chi connectivity index (χ2n) is 4.71. The Hall–Kier alpha value is -2.35. The van der Waals surface area contributed by atoms with Crippen LogP contribution in [0, 0.1) is 18.8 Å². The Balaban J connectivity index is 2.27. The van der Waals surface area contributed by atoms with E-state index in [0.717, 1.165) is 22.6 Å². The minimum Gasteiger partial charge on any atom is -0.181 e. The van der Waals surface area contributed by atoms with Crippen molar-refractivity contribution >= 4 is 0 Å². The van der Waals surface area contributed by atoms with E-state index in [1.807, 2.05) is 37.1 Å². The molecule has 0 N–H and O–H groups in total. The molecule has 0 nitrogen and oxygen atoms in total. The molecule has 0 fully saturated rings. The van der Waals surface area contributed by atoms with Crippen molar-refractivity contribution in [3.05, 3.63) is 59.7 Å². The molecule has 0 heterocycles. The summed E-state index contributed by atoms with van der Waals surface area (Å²) in [6, 6.07) is 13.7. The van der Waals surface area contributed by atoms with Crippen molar-refractivity contribution < 1.29 is 22.0 Å². The van der Waals surface area contributed by atoms with Crippen molar-refractivity contribution in [3.8, 4) is 23.0 Å². The first-order valence-corrected chi connectivity index (χ1v) is 6.34. The Morgan fingerprint density at radius 3 is 1.95 bits per heavy atom. The third-order valence-electron chi connectivity index (χ3n) is 3.06. The fourth-order valence-corrected chi connectivity index (χ4v) is 1.85. The molecule has 0 aromatic heterocycles. The maximum absolute atomic E-state index is 12.7. The molecule has 2 aromatic carbocycles. The van der Waals surface area contributed by atoms with Gasteiger partial charge in [0.2, 0.25) is 0 Å². The van der Waals surface area contributed by atoms with E-state index in [-0.39, 0.29) is 5.56 Å². The molecule has 0 amide bonds. The molecule has 2 rings (SSSR count). The van der Waals surface area contributed by atoms with Gasteiger partial charge in [-0.15, -0.1) is 0 Å². The summed E-state index contributed by atoms with van der Waals surface area (Å²) in [5, 5.41) is 0. The average molecular weight is 310 g/mol. The van der Waals surface area contributed by atoms with E-state index in [4.69, 9.17) is 0 Å². The number of halogens is 5. The normalized spacial score (nSPS) is 11.7. The Labute approximate surface area is 124 Å². The highest BCUT2D eigenvalue weighted by Crippen LogP contribution is 2.34. The number of rotatable bonds is 1. The van der Waals surface area contributed by atoms with E-state index in [1.54, 1.807) is 12.1 Å². The van der Waals surface area contributed by atoms with Gasteiger partial charge in [-0.3, -0.25) is 0 Å². The lowest BCUT2D eigenvalue weighted by Crippen LogP contribution is -2.34. The molecule has 0 aliphatic carbocycles. The molecule has 5 heteroatoms. The van der Waals surface area contributed by atoms with Crippen LogP contribution in [0.4, 0.5) is 22.0 Å². The molecule has 0 aliphatic heterocycles. The number of aryl methyl sites for hydroxylation is 1. The summed E-state index contributed by atoms with van der Waals surface area (Å²) in [6.07, 6.45) is -5.67. The van der Waals surface area contributed by atoms with Crippen molar-refractivity contribution in [2.24, 2.45) is 0 Å². The van der Waals surface area contributed by atoms with Gasteiger partial charge in [-0.1, -0.05) is 42.3 Å². The van der Waals surface area contributed by atoms with Gasteiger partial charge in [0.15, 0.2) is 0 Å². The summed E-state index contributed by atoms with van der Waals surface area (Å²) in [5.74, 6) is -2.17. The van der Waals surface area contributed by atoms with Crippen LogP contribution in [-0.4, -0.2) is 12.1 Å². The fourth-order valence-electron chi connectivity index (χ4n) is 1.85. The maximum atomic E-state index is 12.7. The molecule has 0 saturated heterocycles. The molecule has 114 valence electrons. The summed E-state index contributed by atoms with van der Waals surface area (Å²) in [7, 11) is 0. The first-order valence-electron chi connectivity index (χ1n) is 6.34. The summed E-state index contributed by atoms with van der Waals surface area (Å²) in [6.45, 7) is 1.92. The third kappa shape index (κ3) is 3.45. The van der Waals surface area contributed by atoms with Crippen LogP contribution in [0.15, 0.2) is 48.5 Å². The van der Waals surface area contributed by atoms with E-state index < -0.39 is 12.1 Å². The lowest BCUT2D eigenvalue weighted by molar-refractivity contribution is -0.254. The number of alkyl halides is 5. The number of benzene rings is 2. The molecule has 0 unspecified atom stereocenters. The quantitative estimate of drug-likeness (QED) is 0.501. The smallest absolute Gasteiger partial charge is 0.181 e. The van der Waals surface area contributed by atoms with Gasteiger partial charge in [0.05, 0.1) is 0 Å². The molecule has 0 bridgehead atoms. The molecule has 0 spiro atoms. The fraction of sp³-hybridized carbons (Fsp3) is 0.176. The summed E-state index contributed by atoms with van der Waals surface area (Å²) in [4.78, 5) is 0. The predicted octanol–water partition coefficient (Wildman–Crippen LogP) is 5.21. The lowest BCUT2D eigenvalue weighted by Gasteiger charge is -2.12. The maximum Gasteiger partial charge on any atom is 0.466 e. The second-order valence-corrected chi connectivity index (χ2v) is 4.71. The van der Waals surface area contributed by atoms with Crippen LogP contribution < -0.4 is 0 Å². The largest absolute Gasteiger partial charge is 0.466 e. The van der Waals surface area contributed by atoms with Gasteiger partial charge < -0.3 is 0 Å². The Bertz CT molecular complexity index is 715. The predicted molar refractivity (Wildman–Crippen MR) is 74.5 cm³/mol. The first-order chi connectivity index (χ1) is 10.2. The minimum atomic E-state index is -5.67. The molecule has 2 aromatic rings. The summed E-state index contributed by atoms with van der Waals surface area (Å²) >= 11 is 0. The van der Waals surface area contributed by atoms with Crippen LogP contribution in [0.5, 0.6) is 0 Å². The first kappa shape index (κ1) is 16.0. The van der Waals surface area contributed by atoms with E-state index >= 15 is 0 Å². The average Bonchev–Trinajstić information content (AvgIpc) is 2.45. The summed E-state index contributed by atoms with van der Waals surface area (Å²) < 4.78 is 61.5. The van der Waals surface area contributed by atoms with E-state index in [0.29, 0.717) is 0 Å². The Morgan fingerprint density at radius 2 is 1.41 bits per heavy atom. The molecule has 0 atom stereocenters. The Kier molecular flexibility index (Phi) is 4.23. The zero-order chi connectivity index (χ0) is 16.4. The van der Waals surface area contributed by atoms with Crippen LogP contribution in [0.2, 0.25) is 0 Å². The highest BCUT2D eigenvalue weighted by atomic mass is 19.4. The van der Waals surface area contributed by atoms with Gasteiger partial charge in [-0.05, 0) is 41.7 Å². The highest BCUT2D eigenvalue weighted by molar-refractivity contribution is 5.67. The lowest BCUT2D eigenvalue weighted by atomic mass is 10.00. The van der Waals surface area contributed by atoms with E-state index in [2.05, 4.69) is 0 Å². The van der Waals surface area contributed by atoms with Gasteiger partial charge >= 0.3 is 12.1 Å². The van der Waals surface area contributed by atoms with Gasteiger partial charge in [0, 0.05) is 5.56 Å². The third-order valence-corrected chi connectivity index (χ3v) is 3.06. The minimum absolute atomic E-state index is 0.0984. The van der Waals surface area contributed by atoms with Crippen LogP contribution in [0.3, 0.4) is 0 Å². The topological polar surface area (TPSA) is 0 Å².